The highest BCUT2D eigenvalue weighted by molar-refractivity contribution is 5.97. The predicted molar refractivity (Wildman–Crippen MR) is 140 cm³/mol. The molecule has 2 aromatic heterocycles. The highest BCUT2D eigenvalue weighted by Gasteiger charge is 2.17. The number of pyridine rings is 1. The minimum atomic E-state index is -0.109. The molecule has 0 aliphatic carbocycles. The van der Waals surface area contributed by atoms with E-state index in [4.69, 9.17) is 14.5 Å². The van der Waals surface area contributed by atoms with Gasteiger partial charge in [-0.25, -0.2) is 4.98 Å². The number of hydrogen-bond donors (Lipinski definition) is 1. The first-order valence-electron chi connectivity index (χ1n) is 11.6. The lowest BCUT2D eigenvalue weighted by Gasteiger charge is -2.13. The first-order chi connectivity index (χ1) is 17.9. The average molecular weight is 493 g/mol. The van der Waals surface area contributed by atoms with Crippen LogP contribution in [0.4, 0.5) is 0 Å². The van der Waals surface area contributed by atoms with Gasteiger partial charge in [0.1, 0.15) is 28.5 Å². The zero-order valence-electron chi connectivity index (χ0n) is 20.6. The summed E-state index contributed by atoms with van der Waals surface area (Å²) in [4.78, 5) is 38.3. The third-order valence-electron chi connectivity index (χ3n) is 5.66. The summed E-state index contributed by atoms with van der Waals surface area (Å²) in [7, 11) is 3.41. The van der Waals surface area contributed by atoms with E-state index in [9.17, 15) is 9.59 Å². The van der Waals surface area contributed by atoms with Crippen LogP contribution in [-0.4, -0.2) is 45.6 Å². The minimum absolute atomic E-state index is 0.0905. The van der Waals surface area contributed by atoms with E-state index in [1.165, 1.54) is 11.8 Å². The molecular formula is C29H24N4O4. The summed E-state index contributed by atoms with van der Waals surface area (Å²) in [5, 5.41) is 0. The highest BCUT2D eigenvalue weighted by atomic mass is 16.5. The fraction of sp³-hybridized carbons (Fsp3) is 0.103. The highest BCUT2D eigenvalue weighted by Crippen LogP contribution is 2.37. The van der Waals surface area contributed by atoms with Crippen molar-refractivity contribution in [1.82, 2.24) is 19.9 Å². The normalized spacial score (nSPS) is 10.8. The lowest BCUT2D eigenvalue weighted by molar-refractivity contribution is 0.0827. The van der Waals surface area contributed by atoms with Crippen molar-refractivity contribution in [3.63, 3.8) is 0 Å². The van der Waals surface area contributed by atoms with Crippen LogP contribution < -0.4 is 9.47 Å². The Morgan fingerprint density at radius 2 is 1.59 bits per heavy atom. The van der Waals surface area contributed by atoms with Crippen LogP contribution in [0, 0.1) is 0 Å². The summed E-state index contributed by atoms with van der Waals surface area (Å²) in [6, 6.07) is 23.1. The monoisotopic (exact) mass is 492 g/mol. The molecule has 0 saturated heterocycles. The van der Waals surface area contributed by atoms with Crippen LogP contribution in [0.1, 0.15) is 27.6 Å². The number of aromatic amines is 1. The van der Waals surface area contributed by atoms with Gasteiger partial charge in [0.25, 0.3) is 5.91 Å². The Kier molecular flexibility index (Phi) is 6.38. The summed E-state index contributed by atoms with van der Waals surface area (Å²) >= 11 is 0. The maximum absolute atomic E-state index is 12.2. The van der Waals surface area contributed by atoms with Crippen LogP contribution in [-0.2, 0) is 0 Å². The summed E-state index contributed by atoms with van der Waals surface area (Å²) in [5.41, 5.74) is 2.94. The quantitative estimate of drug-likeness (QED) is 0.275. The van der Waals surface area contributed by atoms with Crippen LogP contribution in [0.25, 0.3) is 22.6 Å². The van der Waals surface area contributed by atoms with E-state index in [2.05, 4.69) is 9.97 Å². The van der Waals surface area contributed by atoms with E-state index in [1.54, 1.807) is 74.9 Å². The van der Waals surface area contributed by atoms with Gasteiger partial charge in [-0.15, -0.1) is 0 Å². The number of hydrogen-bond acceptors (Lipinski definition) is 6. The van der Waals surface area contributed by atoms with Gasteiger partial charge in [0.2, 0.25) is 0 Å². The smallest absolute Gasteiger partial charge is 0.253 e. The molecule has 5 rings (SSSR count). The number of imidazole rings is 1. The van der Waals surface area contributed by atoms with E-state index in [0.29, 0.717) is 56.7 Å². The lowest BCUT2D eigenvalue weighted by atomic mass is 10.1. The van der Waals surface area contributed by atoms with Crippen molar-refractivity contribution in [3.8, 4) is 34.5 Å². The molecule has 0 saturated carbocycles. The molecule has 0 aliphatic rings. The van der Waals surface area contributed by atoms with E-state index >= 15 is 0 Å². The first kappa shape index (κ1) is 23.7. The first-order valence-corrected chi connectivity index (χ1v) is 11.6. The topological polar surface area (TPSA) is 97.4 Å². The van der Waals surface area contributed by atoms with Crippen LogP contribution in [0.3, 0.4) is 0 Å². The predicted octanol–water partition coefficient (Wildman–Crippen LogP) is 6.11. The summed E-state index contributed by atoms with van der Waals surface area (Å²) in [5.74, 6) is 2.25. The van der Waals surface area contributed by atoms with Gasteiger partial charge >= 0.3 is 0 Å². The second kappa shape index (κ2) is 9.94. The Bertz CT molecular complexity index is 1590. The minimum Gasteiger partial charge on any atom is -0.457 e. The molecule has 2 heterocycles. The fourth-order valence-corrected chi connectivity index (χ4v) is 3.85. The summed E-state index contributed by atoms with van der Waals surface area (Å²) < 4.78 is 12.4. The van der Waals surface area contributed by atoms with E-state index in [0.717, 1.165) is 0 Å². The number of carbonyl (C=O) groups is 2. The third kappa shape index (κ3) is 5.04. The second-order valence-corrected chi connectivity index (χ2v) is 8.60. The van der Waals surface area contributed by atoms with Gasteiger partial charge in [-0.1, -0.05) is 18.2 Å². The van der Waals surface area contributed by atoms with Crippen molar-refractivity contribution in [3.05, 3.63) is 96.2 Å². The number of Topliss-reactive ketones (excluding diaryl/α,β-unsaturated/α-hetero) is 1. The van der Waals surface area contributed by atoms with Crippen molar-refractivity contribution < 1.29 is 19.1 Å². The van der Waals surface area contributed by atoms with Crippen LogP contribution in [0.2, 0.25) is 0 Å². The number of ether oxygens (including phenoxy) is 2. The Labute approximate surface area is 213 Å². The third-order valence-corrected chi connectivity index (χ3v) is 5.66. The molecule has 0 unspecified atom stereocenters. The molecule has 184 valence electrons. The lowest BCUT2D eigenvalue weighted by Crippen LogP contribution is -2.21. The maximum atomic E-state index is 12.2. The van der Waals surface area contributed by atoms with Gasteiger partial charge in [-0.3, -0.25) is 14.6 Å². The molecule has 8 nitrogen and oxygen atoms in total. The number of ketones is 1. The van der Waals surface area contributed by atoms with Crippen molar-refractivity contribution in [2.45, 2.75) is 6.92 Å². The molecule has 3 aromatic carbocycles. The number of para-hydroxylation sites is 1. The van der Waals surface area contributed by atoms with Gasteiger partial charge in [-0.05, 0) is 55.5 Å². The molecule has 5 aromatic rings. The summed E-state index contributed by atoms with van der Waals surface area (Å²) in [6.07, 6.45) is 1.70. The van der Waals surface area contributed by atoms with Crippen molar-refractivity contribution in [2.75, 3.05) is 14.1 Å². The summed E-state index contributed by atoms with van der Waals surface area (Å²) in [6.45, 7) is 1.50. The molecule has 1 amide bonds. The number of nitrogens with zero attached hydrogens (tertiary/aromatic N) is 3. The van der Waals surface area contributed by atoms with Crippen LogP contribution in [0.5, 0.6) is 23.0 Å². The van der Waals surface area contributed by atoms with Crippen molar-refractivity contribution >= 4 is 22.7 Å². The Morgan fingerprint density at radius 3 is 2.30 bits per heavy atom. The average Bonchev–Trinajstić information content (AvgIpc) is 3.34. The number of fused-ring (bicyclic) bond motifs is 1. The maximum Gasteiger partial charge on any atom is 0.253 e. The number of benzene rings is 3. The molecule has 37 heavy (non-hydrogen) atoms. The zero-order chi connectivity index (χ0) is 25.9. The Balaban J connectivity index is 1.56. The number of amides is 1. The molecular weight excluding hydrogens is 468 g/mol. The van der Waals surface area contributed by atoms with Gasteiger partial charge in [0, 0.05) is 38.0 Å². The molecule has 0 atom stereocenters. The molecule has 8 heteroatoms. The Morgan fingerprint density at radius 1 is 0.838 bits per heavy atom. The number of rotatable bonds is 7. The number of carbonyl (C=O) groups excluding carboxylic acids is 2. The number of H-pyrrole nitrogens is 1. The van der Waals surface area contributed by atoms with E-state index in [1.807, 2.05) is 24.3 Å². The molecule has 0 fully saturated rings. The molecule has 0 radical (unpaired) electrons. The zero-order valence-corrected chi connectivity index (χ0v) is 20.6. The number of aromatic nitrogens is 3. The molecule has 0 aliphatic heterocycles. The molecule has 0 bridgehead atoms. The molecule has 1 N–H and O–H groups in total. The standard InChI is InChI=1S/C29H24N4O4/c1-18(34)22-8-4-5-10-25(22)37-26-17-21(36-20-13-11-19(12-14-20)29(35)33(2)3)16-24-27(26)32-28(31-24)23-9-6-7-15-30-23/h4-17H,1-3H3,(H,31,32). The second-order valence-electron chi connectivity index (χ2n) is 8.60. The van der Waals surface area contributed by atoms with Crippen LogP contribution in [0.15, 0.2) is 85.1 Å². The van der Waals surface area contributed by atoms with E-state index in [-0.39, 0.29) is 11.7 Å². The van der Waals surface area contributed by atoms with Gasteiger partial charge < -0.3 is 19.4 Å². The molecule has 0 spiro atoms. The fourth-order valence-electron chi connectivity index (χ4n) is 3.85. The van der Waals surface area contributed by atoms with Crippen molar-refractivity contribution in [2.24, 2.45) is 0 Å². The van der Waals surface area contributed by atoms with Gasteiger partial charge in [-0.2, -0.15) is 0 Å². The van der Waals surface area contributed by atoms with Crippen LogP contribution >= 0.6 is 0 Å². The van der Waals surface area contributed by atoms with Gasteiger partial charge in [0.05, 0.1) is 11.1 Å². The van der Waals surface area contributed by atoms with Gasteiger partial charge in [0.15, 0.2) is 17.4 Å². The Hall–Kier alpha value is -4.98. The largest absolute Gasteiger partial charge is 0.457 e. The van der Waals surface area contributed by atoms with Crippen molar-refractivity contribution in [1.29, 1.82) is 0 Å². The number of nitrogens with one attached hydrogen (secondary N) is 1. The SMILES string of the molecule is CC(=O)c1ccccc1Oc1cc(Oc2ccc(C(=O)N(C)C)cc2)cc2[nH]c(-c3ccccn3)nc12. The van der Waals surface area contributed by atoms with E-state index < -0.39 is 0 Å².